The van der Waals surface area contributed by atoms with Crippen LogP contribution in [-0.4, -0.2) is 10.7 Å². The molecule has 0 N–H and O–H groups in total. The highest BCUT2D eigenvalue weighted by Gasteiger charge is 2.11. The van der Waals surface area contributed by atoms with Crippen LogP contribution in [0.1, 0.15) is 78.1 Å². The van der Waals surface area contributed by atoms with Crippen molar-refractivity contribution in [2.45, 2.75) is 83.4 Å². The van der Waals surface area contributed by atoms with E-state index in [9.17, 15) is 0 Å². The Morgan fingerprint density at radius 3 is 1.82 bits per heavy atom. The summed E-state index contributed by atoms with van der Waals surface area (Å²) >= 11 is 9.80. The molecule has 0 aliphatic rings. The van der Waals surface area contributed by atoms with Crippen molar-refractivity contribution in [2.75, 3.05) is 5.33 Å². The first-order chi connectivity index (χ1) is 8.22. The van der Waals surface area contributed by atoms with Crippen molar-refractivity contribution in [1.29, 1.82) is 0 Å². The molecular weight excluding hydrogens is 296 g/mol. The standard InChI is InChI=1S/C15H30BrCl/c1-3-14(2)15(17)12-10-8-6-4-5-7-9-11-13-16/h14-15H,3-13H2,1-2H3. The van der Waals surface area contributed by atoms with Crippen molar-refractivity contribution in [3.05, 3.63) is 0 Å². The van der Waals surface area contributed by atoms with Gasteiger partial charge in [-0.05, 0) is 18.8 Å². The summed E-state index contributed by atoms with van der Waals surface area (Å²) in [5, 5.41) is 1.57. The maximum atomic E-state index is 6.32. The number of rotatable bonds is 12. The van der Waals surface area contributed by atoms with Gasteiger partial charge in [-0.25, -0.2) is 0 Å². The van der Waals surface area contributed by atoms with Gasteiger partial charge in [-0.2, -0.15) is 0 Å². The number of alkyl halides is 2. The van der Waals surface area contributed by atoms with Gasteiger partial charge < -0.3 is 0 Å². The lowest BCUT2D eigenvalue weighted by Gasteiger charge is -2.15. The molecule has 2 unspecified atom stereocenters. The van der Waals surface area contributed by atoms with Crippen molar-refractivity contribution in [2.24, 2.45) is 5.92 Å². The molecule has 0 radical (unpaired) electrons. The summed E-state index contributed by atoms with van der Waals surface area (Å²) < 4.78 is 0. The van der Waals surface area contributed by atoms with Crippen LogP contribution in [0.2, 0.25) is 0 Å². The molecule has 0 rings (SSSR count). The van der Waals surface area contributed by atoms with Gasteiger partial charge in [-0.15, -0.1) is 11.6 Å². The minimum Gasteiger partial charge on any atom is -0.123 e. The molecule has 0 aliphatic carbocycles. The lowest BCUT2D eigenvalue weighted by atomic mass is 9.99. The minimum atomic E-state index is 0.402. The van der Waals surface area contributed by atoms with Crippen LogP contribution >= 0.6 is 27.5 Å². The fraction of sp³-hybridized carbons (Fsp3) is 1.00. The Bertz CT molecular complexity index is 150. The second-order valence-electron chi connectivity index (χ2n) is 5.21. The Balaban J connectivity index is 3.13. The van der Waals surface area contributed by atoms with Crippen LogP contribution in [0.4, 0.5) is 0 Å². The van der Waals surface area contributed by atoms with E-state index in [1.807, 2.05) is 0 Å². The third-order valence-electron chi connectivity index (χ3n) is 3.62. The molecule has 2 atom stereocenters. The minimum absolute atomic E-state index is 0.402. The zero-order valence-electron chi connectivity index (χ0n) is 11.7. The molecule has 0 fully saturated rings. The third kappa shape index (κ3) is 11.6. The van der Waals surface area contributed by atoms with Gasteiger partial charge in [0, 0.05) is 10.7 Å². The van der Waals surface area contributed by atoms with Gasteiger partial charge in [-0.1, -0.05) is 81.1 Å². The van der Waals surface area contributed by atoms with E-state index in [1.165, 1.54) is 69.5 Å². The van der Waals surface area contributed by atoms with Gasteiger partial charge in [0.1, 0.15) is 0 Å². The quantitative estimate of drug-likeness (QED) is 0.282. The molecule has 104 valence electrons. The van der Waals surface area contributed by atoms with E-state index in [0.29, 0.717) is 11.3 Å². The van der Waals surface area contributed by atoms with Gasteiger partial charge in [0.25, 0.3) is 0 Å². The zero-order valence-corrected chi connectivity index (χ0v) is 14.0. The molecule has 2 heteroatoms. The fourth-order valence-electron chi connectivity index (χ4n) is 2.03. The van der Waals surface area contributed by atoms with Gasteiger partial charge in [0.05, 0.1) is 0 Å². The Hall–Kier alpha value is 0.770. The topological polar surface area (TPSA) is 0 Å². The van der Waals surface area contributed by atoms with Crippen LogP contribution in [-0.2, 0) is 0 Å². The molecule has 0 aliphatic heterocycles. The molecule has 0 aromatic heterocycles. The SMILES string of the molecule is CCC(C)C(Cl)CCCCCCCCCCBr. The maximum Gasteiger partial charge on any atom is 0.0361 e. The van der Waals surface area contributed by atoms with Crippen LogP contribution in [0.3, 0.4) is 0 Å². The average Bonchev–Trinajstić information content (AvgIpc) is 2.35. The number of hydrogen-bond acceptors (Lipinski definition) is 0. The van der Waals surface area contributed by atoms with Crippen molar-refractivity contribution in [3.63, 3.8) is 0 Å². The zero-order chi connectivity index (χ0) is 12.9. The second-order valence-corrected chi connectivity index (χ2v) is 6.56. The molecule has 17 heavy (non-hydrogen) atoms. The van der Waals surface area contributed by atoms with Gasteiger partial charge in [0.15, 0.2) is 0 Å². The molecule has 0 aromatic rings. The van der Waals surface area contributed by atoms with E-state index < -0.39 is 0 Å². The second kappa shape index (κ2) is 13.2. The molecule has 0 heterocycles. The first-order valence-corrected chi connectivity index (χ1v) is 8.98. The molecule has 0 nitrogen and oxygen atoms in total. The fourth-order valence-corrected chi connectivity index (χ4v) is 2.76. The summed E-state index contributed by atoms with van der Waals surface area (Å²) in [4.78, 5) is 0. The molecule has 0 saturated heterocycles. The van der Waals surface area contributed by atoms with E-state index in [2.05, 4.69) is 29.8 Å². The molecule has 0 aromatic carbocycles. The average molecular weight is 326 g/mol. The lowest BCUT2D eigenvalue weighted by molar-refractivity contribution is 0.477. The van der Waals surface area contributed by atoms with E-state index in [1.54, 1.807) is 0 Å². The molecule has 0 saturated carbocycles. The Morgan fingerprint density at radius 1 is 0.882 bits per heavy atom. The van der Waals surface area contributed by atoms with Crippen LogP contribution in [0.15, 0.2) is 0 Å². The van der Waals surface area contributed by atoms with Gasteiger partial charge in [0.2, 0.25) is 0 Å². The van der Waals surface area contributed by atoms with E-state index in [4.69, 9.17) is 11.6 Å². The smallest absolute Gasteiger partial charge is 0.0361 e. The molecule has 0 bridgehead atoms. The summed E-state index contributed by atoms with van der Waals surface area (Å²) in [6, 6.07) is 0. The Morgan fingerprint density at radius 2 is 1.35 bits per heavy atom. The van der Waals surface area contributed by atoms with E-state index in [0.717, 1.165) is 0 Å². The van der Waals surface area contributed by atoms with E-state index in [-0.39, 0.29) is 0 Å². The largest absolute Gasteiger partial charge is 0.123 e. The number of hydrogen-bond donors (Lipinski definition) is 0. The van der Waals surface area contributed by atoms with Crippen molar-refractivity contribution < 1.29 is 0 Å². The predicted molar refractivity (Wildman–Crippen MR) is 84.4 cm³/mol. The Kier molecular flexibility index (Phi) is 13.8. The highest BCUT2D eigenvalue weighted by Crippen LogP contribution is 2.20. The monoisotopic (exact) mass is 324 g/mol. The van der Waals surface area contributed by atoms with Crippen molar-refractivity contribution in [3.8, 4) is 0 Å². The lowest BCUT2D eigenvalue weighted by Crippen LogP contribution is -2.09. The van der Waals surface area contributed by atoms with Gasteiger partial charge >= 0.3 is 0 Å². The highest BCUT2D eigenvalue weighted by atomic mass is 79.9. The first kappa shape index (κ1) is 17.8. The van der Waals surface area contributed by atoms with Crippen molar-refractivity contribution in [1.82, 2.24) is 0 Å². The van der Waals surface area contributed by atoms with Crippen LogP contribution in [0, 0.1) is 5.92 Å². The van der Waals surface area contributed by atoms with Crippen molar-refractivity contribution >= 4 is 27.5 Å². The number of halogens is 2. The summed E-state index contributed by atoms with van der Waals surface area (Å²) in [6.45, 7) is 4.49. The summed E-state index contributed by atoms with van der Waals surface area (Å²) in [5.41, 5.74) is 0. The van der Waals surface area contributed by atoms with Crippen LogP contribution in [0.5, 0.6) is 0 Å². The summed E-state index contributed by atoms with van der Waals surface area (Å²) in [5.74, 6) is 0.681. The molecule has 0 amide bonds. The van der Waals surface area contributed by atoms with Crippen LogP contribution in [0.25, 0.3) is 0 Å². The number of unbranched alkanes of at least 4 members (excludes halogenated alkanes) is 7. The maximum absolute atomic E-state index is 6.32. The highest BCUT2D eigenvalue weighted by molar-refractivity contribution is 9.09. The molecular formula is C15H30BrCl. The van der Waals surface area contributed by atoms with Gasteiger partial charge in [-0.3, -0.25) is 0 Å². The predicted octanol–water partition coefficient (Wildman–Crippen LogP) is 6.55. The third-order valence-corrected chi connectivity index (χ3v) is 4.83. The van der Waals surface area contributed by atoms with E-state index >= 15 is 0 Å². The summed E-state index contributed by atoms with van der Waals surface area (Å²) in [7, 11) is 0. The summed E-state index contributed by atoms with van der Waals surface area (Å²) in [6.07, 6.45) is 13.5. The normalized spacial score (nSPS) is 14.8. The van der Waals surface area contributed by atoms with Crippen LogP contribution < -0.4 is 0 Å². The first-order valence-electron chi connectivity index (χ1n) is 7.42. The molecule has 0 spiro atoms. The Labute approximate surface area is 122 Å².